The van der Waals surface area contributed by atoms with Gasteiger partial charge in [0.2, 0.25) is 5.90 Å². The molecule has 5 rings (SSSR count). The first-order chi connectivity index (χ1) is 17.4. The summed E-state index contributed by atoms with van der Waals surface area (Å²) in [6.45, 7) is 16.0. The number of aliphatic imine (C=N–C) groups is 1. The Hall–Kier alpha value is -3.53. The van der Waals surface area contributed by atoms with Crippen molar-refractivity contribution in [2.45, 2.75) is 19.9 Å². The van der Waals surface area contributed by atoms with Crippen molar-refractivity contribution in [1.29, 1.82) is 0 Å². The molecule has 1 atom stereocenters. The number of aromatic hydroxyl groups is 1. The third kappa shape index (κ3) is 12.8. The number of rotatable bonds is 2. The Morgan fingerprint density at radius 1 is 0.676 bits per heavy atom. The summed E-state index contributed by atoms with van der Waals surface area (Å²) in [5.74, 6) is 1.25. The summed E-state index contributed by atoms with van der Waals surface area (Å²) in [7, 11) is 0. The summed E-state index contributed by atoms with van der Waals surface area (Å²) in [6.07, 6.45) is 0. The van der Waals surface area contributed by atoms with Crippen LogP contribution < -0.4 is 0 Å². The summed E-state index contributed by atoms with van der Waals surface area (Å²) in [4.78, 5) is 4.45. The molecule has 189 valence electrons. The molecular formula is C33H36NO2Ti. The van der Waals surface area contributed by atoms with Gasteiger partial charge in [-0.2, -0.15) is 73.9 Å². The van der Waals surface area contributed by atoms with Crippen molar-refractivity contribution in [2.24, 2.45) is 10.9 Å². The van der Waals surface area contributed by atoms with Gasteiger partial charge in [-0.3, -0.25) is 0 Å². The fourth-order valence-electron chi connectivity index (χ4n) is 2.97. The molecule has 0 spiro atoms. The van der Waals surface area contributed by atoms with E-state index >= 15 is 0 Å². The minimum Gasteiger partial charge on any atom is -0.507 e. The van der Waals surface area contributed by atoms with E-state index in [2.05, 4.69) is 39.6 Å². The van der Waals surface area contributed by atoms with Gasteiger partial charge in [-0.05, 0) is 18.1 Å². The van der Waals surface area contributed by atoms with Crippen molar-refractivity contribution in [3.05, 3.63) is 158 Å². The number of para-hydroxylation sites is 1. The Labute approximate surface area is 238 Å². The quantitative estimate of drug-likeness (QED) is 0.214. The summed E-state index contributed by atoms with van der Waals surface area (Å²) in [5.41, 5.74) is 3.90. The molecule has 3 nitrogen and oxygen atoms in total. The Morgan fingerprint density at radius 3 is 1.35 bits per heavy atom. The molecule has 0 saturated carbocycles. The molecule has 0 aromatic heterocycles. The van der Waals surface area contributed by atoms with Gasteiger partial charge in [0.25, 0.3) is 0 Å². The number of ether oxygens (including phenoxy) is 1. The fourth-order valence-corrected chi connectivity index (χ4v) is 2.97. The minimum atomic E-state index is 0. The molecule has 1 N–H and O–H groups in total. The molecule has 0 fully saturated rings. The molecule has 0 amide bonds. The number of benzene rings is 4. The minimum absolute atomic E-state index is 0. The van der Waals surface area contributed by atoms with Crippen LogP contribution >= 0.6 is 0 Å². The maximum absolute atomic E-state index is 9.63. The monoisotopic (exact) mass is 526 g/mol. The second-order valence-electron chi connectivity index (χ2n) is 8.53. The average molecular weight is 527 g/mol. The predicted molar refractivity (Wildman–Crippen MR) is 152 cm³/mol. The normalized spacial score (nSPS) is 13.1. The van der Waals surface area contributed by atoms with E-state index in [1.807, 2.05) is 103 Å². The molecule has 4 aromatic rings. The van der Waals surface area contributed by atoms with Gasteiger partial charge in [0.15, 0.2) is 0 Å². The van der Waals surface area contributed by atoms with Gasteiger partial charge in [-0.15, -0.1) is 36.4 Å². The summed E-state index contributed by atoms with van der Waals surface area (Å²) in [6, 6.07) is 36.9. The molecule has 4 aromatic carbocycles. The standard InChI is InChI=1S/C12H15NO2.3C7H7.Ti/c1-8(2)10-7-15-12(13-10)9-5-3-4-6-11(9)14;3*1-7-5-3-2-4-6-7;/h3-6,8,10,14H,7H2,1-2H3;3*2-6H,1H2;/q;3*-1;+3/t10-;;;;/m1..../s1. The first kappa shape index (κ1) is 31.5. The zero-order valence-electron chi connectivity index (χ0n) is 21.8. The number of hydrogen-bond donors (Lipinski definition) is 1. The molecule has 0 bridgehead atoms. The van der Waals surface area contributed by atoms with Gasteiger partial charge < -0.3 is 9.84 Å². The Morgan fingerprint density at radius 2 is 1.05 bits per heavy atom. The van der Waals surface area contributed by atoms with Gasteiger partial charge in [0.1, 0.15) is 12.4 Å². The van der Waals surface area contributed by atoms with Crippen LogP contribution in [-0.2, 0) is 26.5 Å². The van der Waals surface area contributed by atoms with Crippen molar-refractivity contribution in [3.8, 4) is 5.75 Å². The maximum atomic E-state index is 9.63. The zero-order valence-corrected chi connectivity index (χ0v) is 23.3. The summed E-state index contributed by atoms with van der Waals surface area (Å²) in [5, 5.41) is 9.63. The molecule has 1 aliphatic rings. The van der Waals surface area contributed by atoms with Crippen molar-refractivity contribution < 1.29 is 31.6 Å². The summed E-state index contributed by atoms with van der Waals surface area (Å²) < 4.78 is 5.48. The van der Waals surface area contributed by atoms with Crippen LogP contribution in [0.1, 0.15) is 36.1 Å². The molecule has 1 heterocycles. The van der Waals surface area contributed by atoms with Crippen LogP contribution in [0.15, 0.2) is 120 Å². The third-order valence-corrected chi connectivity index (χ3v) is 5.11. The van der Waals surface area contributed by atoms with E-state index in [0.717, 1.165) is 16.7 Å². The predicted octanol–water partition coefficient (Wildman–Crippen LogP) is 7.80. The van der Waals surface area contributed by atoms with E-state index < -0.39 is 0 Å². The molecule has 1 aliphatic heterocycles. The van der Waals surface area contributed by atoms with E-state index in [-0.39, 0.29) is 33.5 Å². The molecule has 37 heavy (non-hydrogen) atoms. The van der Waals surface area contributed by atoms with Crippen molar-refractivity contribution in [2.75, 3.05) is 6.61 Å². The average Bonchev–Trinajstić information content (AvgIpc) is 3.38. The van der Waals surface area contributed by atoms with Crippen molar-refractivity contribution >= 4 is 5.90 Å². The van der Waals surface area contributed by atoms with Crippen LogP contribution in [0, 0.1) is 26.7 Å². The van der Waals surface area contributed by atoms with E-state index in [9.17, 15) is 5.11 Å². The van der Waals surface area contributed by atoms with E-state index in [1.165, 1.54) is 0 Å². The number of phenols is 1. The van der Waals surface area contributed by atoms with Gasteiger partial charge in [0, 0.05) is 0 Å². The van der Waals surface area contributed by atoms with Gasteiger partial charge in [-0.1, -0.05) is 44.2 Å². The second-order valence-corrected chi connectivity index (χ2v) is 8.53. The summed E-state index contributed by atoms with van der Waals surface area (Å²) >= 11 is 0. The smallest absolute Gasteiger partial charge is 0.507 e. The van der Waals surface area contributed by atoms with Crippen LogP contribution in [0.25, 0.3) is 0 Å². The third-order valence-electron chi connectivity index (χ3n) is 5.11. The SMILES string of the molecule is CC(C)[C@H]1COC(c2ccccc2O)=N1.[CH2-]c1ccccc1.[CH2-]c1ccccc1.[CH2-]c1ccccc1.[Ti+3]. The Kier molecular flexibility index (Phi) is 15.2. The van der Waals surface area contributed by atoms with Crippen LogP contribution in [0.2, 0.25) is 0 Å². The molecule has 1 radical (unpaired) electrons. The van der Waals surface area contributed by atoms with Crippen LogP contribution in [0.3, 0.4) is 0 Å². The maximum Gasteiger partial charge on any atom is 3.00 e. The van der Waals surface area contributed by atoms with E-state index in [4.69, 9.17) is 4.74 Å². The number of nitrogens with zero attached hydrogens (tertiary/aromatic N) is 1. The first-order valence-electron chi connectivity index (χ1n) is 12.0. The first-order valence-corrected chi connectivity index (χ1v) is 12.0. The molecule has 0 aliphatic carbocycles. The second kappa shape index (κ2) is 17.8. The topological polar surface area (TPSA) is 41.8 Å². The fraction of sp³-hybridized carbons (Fsp3) is 0.152. The zero-order chi connectivity index (χ0) is 26.2. The van der Waals surface area contributed by atoms with Gasteiger partial charge in [-0.25, -0.2) is 4.99 Å². The van der Waals surface area contributed by atoms with Crippen LogP contribution in [0.5, 0.6) is 5.75 Å². The molecule has 4 heteroatoms. The Bertz CT molecular complexity index is 1060. The van der Waals surface area contributed by atoms with Crippen LogP contribution in [-0.4, -0.2) is 23.7 Å². The van der Waals surface area contributed by atoms with Gasteiger partial charge >= 0.3 is 21.7 Å². The van der Waals surface area contributed by atoms with Gasteiger partial charge in [0.05, 0.1) is 11.6 Å². The number of hydrogen-bond acceptors (Lipinski definition) is 3. The van der Waals surface area contributed by atoms with E-state index in [1.54, 1.807) is 12.1 Å². The molecule has 0 saturated heterocycles. The van der Waals surface area contributed by atoms with Crippen molar-refractivity contribution in [1.82, 2.24) is 0 Å². The Balaban J connectivity index is 0.000000264. The van der Waals surface area contributed by atoms with Crippen molar-refractivity contribution in [3.63, 3.8) is 0 Å². The largest absolute Gasteiger partial charge is 3.00 e. The molecule has 0 unspecified atom stereocenters. The molecular weight excluding hydrogens is 490 g/mol. The number of phenolic OH excluding ortho intramolecular Hbond substituents is 1. The van der Waals surface area contributed by atoms with E-state index in [0.29, 0.717) is 24.0 Å². The van der Waals surface area contributed by atoms with Crippen LogP contribution in [0.4, 0.5) is 0 Å².